The van der Waals surface area contributed by atoms with Gasteiger partial charge in [0.15, 0.2) is 0 Å². The largest absolute Gasteiger partial charge is 0.435 e. The summed E-state index contributed by atoms with van der Waals surface area (Å²) in [6, 6.07) is 11.7. The lowest BCUT2D eigenvalue weighted by Gasteiger charge is -2.42. The molecule has 2 aliphatic rings. The zero-order valence-electron chi connectivity index (χ0n) is 15.5. The summed E-state index contributed by atoms with van der Waals surface area (Å²) in [5.41, 5.74) is 1.41. The number of rotatable bonds is 4. The highest BCUT2D eigenvalue weighted by molar-refractivity contribution is 5.84. The van der Waals surface area contributed by atoms with Crippen molar-refractivity contribution in [1.29, 1.82) is 0 Å². The van der Waals surface area contributed by atoms with Gasteiger partial charge in [0.05, 0.1) is 0 Å². The summed E-state index contributed by atoms with van der Waals surface area (Å²) in [6.07, 6.45) is 9.57. The van der Waals surface area contributed by atoms with Gasteiger partial charge in [0, 0.05) is 0 Å². The van der Waals surface area contributed by atoms with Crippen molar-refractivity contribution in [3.05, 3.63) is 42.0 Å². The Morgan fingerprint density at radius 2 is 1.65 bits per heavy atom. The summed E-state index contributed by atoms with van der Waals surface area (Å²) in [6.45, 7) is -0.437. The second kappa shape index (κ2) is 7.54. The lowest BCUT2D eigenvalue weighted by molar-refractivity contribution is -0.0497. The summed E-state index contributed by atoms with van der Waals surface area (Å²) in [5.74, 6) is 3.68. The average Bonchev–Trinajstić information content (AvgIpc) is 2.66. The number of hydrogen-bond acceptors (Lipinski definition) is 1. The van der Waals surface area contributed by atoms with Gasteiger partial charge in [-0.05, 0) is 84.2 Å². The number of benzene rings is 2. The van der Waals surface area contributed by atoms with Gasteiger partial charge in [-0.15, -0.1) is 0 Å². The Bertz CT molecular complexity index is 757. The van der Waals surface area contributed by atoms with Crippen molar-refractivity contribution in [2.75, 3.05) is 0 Å². The van der Waals surface area contributed by atoms with E-state index in [1.807, 2.05) is 6.07 Å². The van der Waals surface area contributed by atoms with E-state index in [2.05, 4.69) is 29.9 Å². The maximum Gasteiger partial charge on any atom is 0.387 e. The van der Waals surface area contributed by atoms with Crippen LogP contribution in [-0.2, 0) is 0 Å². The Kier molecular flexibility index (Phi) is 5.15. The van der Waals surface area contributed by atoms with Gasteiger partial charge in [-0.3, -0.25) is 0 Å². The van der Waals surface area contributed by atoms with Crippen LogP contribution >= 0.6 is 0 Å². The van der Waals surface area contributed by atoms with Gasteiger partial charge in [-0.25, -0.2) is 0 Å². The van der Waals surface area contributed by atoms with Crippen molar-refractivity contribution in [2.24, 2.45) is 17.8 Å². The first-order chi connectivity index (χ1) is 12.6. The molecule has 0 saturated heterocycles. The molecule has 2 saturated carbocycles. The molecular formula is C23H28F2O. The molecule has 0 aliphatic heterocycles. The molecule has 0 spiro atoms. The molecule has 3 heteroatoms. The molecule has 0 bridgehead atoms. The topological polar surface area (TPSA) is 9.23 Å². The highest BCUT2D eigenvalue weighted by Gasteiger charge is 2.35. The lowest BCUT2D eigenvalue weighted by atomic mass is 9.63. The molecule has 0 heterocycles. The number of ether oxygens (including phenoxy) is 1. The minimum absolute atomic E-state index is 0.230. The Morgan fingerprint density at radius 1 is 0.923 bits per heavy atom. The van der Waals surface area contributed by atoms with Crippen molar-refractivity contribution >= 4 is 10.8 Å². The number of fused-ring (bicyclic) bond motifs is 2. The third kappa shape index (κ3) is 3.72. The molecule has 2 aliphatic carbocycles. The standard InChI is InChI=1S/C23H28F2O/c1-2-15-3-4-17-12-18(6-5-16(17)11-15)19-7-8-21-14-22(26-23(24)25)10-9-20(21)13-19/h7-10,13-18,23H,2-6,11-12H2,1H3. The Morgan fingerprint density at radius 3 is 2.46 bits per heavy atom. The van der Waals surface area contributed by atoms with Crippen molar-refractivity contribution in [1.82, 2.24) is 0 Å². The van der Waals surface area contributed by atoms with Crippen LogP contribution in [0.4, 0.5) is 8.78 Å². The fourth-order valence-corrected chi connectivity index (χ4v) is 5.33. The summed E-state index contributed by atoms with van der Waals surface area (Å²) in [7, 11) is 0. The van der Waals surface area contributed by atoms with Crippen molar-refractivity contribution in [3.63, 3.8) is 0 Å². The van der Waals surface area contributed by atoms with Crippen molar-refractivity contribution in [2.45, 2.75) is 64.4 Å². The Hall–Kier alpha value is -1.64. The zero-order chi connectivity index (χ0) is 18.1. The summed E-state index contributed by atoms with van der Waals surface area (Å²) >= 11 is 0. The predicted octanol–water partition coefficient (Wildman–Crippen LogP) is 7.15. The van der Waals surface area contributed by atoms with Gasteiger partial charge >= 0.3 is 6.61 Å². The highest BCUT2D eigenvalue weighted by atomic mass is 19.3. The molecule has 4 unspecified atom stereocenters. The van der Waals surface area contributed by atoms with Crippen LogP contribution in [0.5, 0.6) is 5.75 Å². The number of hydrogen-bond donors (Lipinski definition) is 0. The minimum Gasteiger partial charge on any atom is -0.435 e. The molecule has 2 aromatic carbocycles. The van der Waals surface area contributed by atoms with E-state index in [1.165, 1.54) is 50.5 Å². The first kappa shape index (κ1) is 17.8. The van der Waals surface area contributed by atoms with E-state index >= 15 is 0 Å². The molecule has 0 N–H and O–H groups in total. The van der Waals surface area contributed by atoms with E-state index in [0.717, 1.165) is 28.5 Å². The average molecular weight is 358 g/mol. The molecule has 2 aromatic rings. The molecule has 4 atom stereocenters. The van der Waals surface area contributed by atoms with E-state index < -0.39 is 6.61 Å². The van der Waals surface area contributed by atoms with Gasteiger partial charge in [0.25, 0.3) is 0 Å². The second-order valence-electron chi connectivity index (χ2n) is 8.26. The van der Waals surface area contributed by atoms with Crippen LogP contribution in [0.1, 0.15) is 63.4 Å². The van der Waals surface area contributed by atoms with Gasteiger partial charge in [0.1, 0.15) is 5.75 Å². The molecule has 2 fully saturated rings. The summed E-state index contributed by atoms with van der Waals surface area (Å²) in [5, 5.41) is 2.07. The molecular weight excluding hydrogens is 330 g/mol. The number of alkyl halides is 2. The normalized spacial score (nSPS) is 28.9. The predicted molar refractivity (Wildman–Crippen MR) is 102 cm³/mol. The molecule has 4 rings (SSSR count). The van der Waals surface area contributed by atoms with E-state index in [4.69, 9.17) is 0 Å². The van der Waals surface area contributed by atoms with Gasteiger partial charge < -0.3 is 4.74 Å². The van der Waals surface area contributed by atoms with Gasteiger partial charge in [-0.1, -0.05) is 44.0 Å². The fraction of sp³-hybridized carbons (Fsp3) is 0.565. The van der Waals surface area contributed by atoms with Crippen molar-refractivity contribution in [3.8, 4) is 5.75 Å². The van der Waals surface area contributed by atoms with E-state index in [-0.39, 0.29) is 5.75 Å². The quantitative estimate of drug-likeness (QED) is 0.564. The second-order valence-corrected chi connectivity index (χ2v) is 8.26. The highest BCUT2D eigenvalue weighted by Crippen LogP contribution is 2.48. The number of halogens is 2. The SMILES string of the molecule is CCC1CCC2CC(c3ccc4cc(OC(F)F)ccc4c3)CCC2C1. The molecule has 0 aromatic heterocycles. The minimum atomic E-state index is -2.77. The van der Waals surface area contributed by atoms with Crippen LogP contribution in [0.2, 0.25) is 0 Å². The molecule has 1 nitrogen and oxygen atoms in total. The van der Waals surface area contributed by atoms with E-state index in [0.29, 0.717) is 5.92 Å². The van der Waals surface area contributed by atoms with Crippen LogP contribution in [0.15, 0.2) is 36.4 Å². The lowest BCUT2D eigenvalue weighted by Crippen LogP contribution is -2.30. The maximum atomic E-state index is 12.4. The fourth-order valence-electron chi connectivity index (χ4n) is 5.33. The maximum absolute atomic E-state index is 12.4. The van der Waals surface area contributed by atoms with Crippen LogP contribution in [0.3, 0.4) is 0 Å². The van der Waals surface area contributed by atoms with Crippen LogP contribution in [0.25, 0.3) is 10.8 Å². The summed E-state index contributed by atoms with van der Waals surface area (Å²) < 4.78 is 29.3. The molecule has 0 radical (unpaired) electrons. The third-order valence-electron chi connectivity index (χ3n) is 6.83. The van der Waals surface area contributed by atoms with Crippen LogP contribution in [-0.4, -0.2) is 6.61 Å². The molecule has 140 valence electrons. The van der Waals surface area contributed by atoms with Crippen molar-refractivity contribution < 1.29 is 13.5 Å². The van der Waals surface area contributed by atoms with Gasteiger partial charge in [0.2, 0.25) is 0 Å². The van der Waals surface area contributed by atoms with Gasteiger partial charge in [-0.2, -0.15) is 8.78 Å². The first-order valence-corrected chi connectivity index (χ1v) is 10.1. The van der Waals surface area contributed by atoms with Crippen LogP contribution in [0, 0.1) is 17.8 Å². The molecule has 0 amide bonds. The smallest absolute Gasteiger partial charge is 0.387 e. The zero-order valence-corrected chi connectivity index (χ0v) is 15.5. The third-order valence-corrected chi connectivity index (χ3v) is 6.83. The van der Waals surface area contributed by atoms with Crippen LogP contribution < -0.4 is 4.74 Å². The monoisotopic (exact) mass is 358 g/mol. The van der Waals surface area contributed by atoms with E-state index in [9.17, 15) is 8.78 Å². The summed E-state index contributed by atoms with van der Waals surface area (Å²) in [4.78, 5) is 0. The Balaban J connectivity index is 1.49. The first-order valence-electron chi connectivity index (χ1n) is 10.1. The Labute approximate surface area is 154 Å². The van der Waals surface area contributed by atoms with E-state index in [1.54, 1.807) is 12.1 Å². The molecule has 26 heavy (non-hydrogen) atoms.